The third-order valence-electron chi connectivity index (χ3n) is 1.99. The van der Waals surface area contributed by atoms with E-state index in [4.69, 9.17) is 4.74 Å². The molecular weight excluding hydrogens is 224 g/mol. The SMILES string of the molecule is CCNc1nc(OC)nc(SC(C)CC)n1. The second kappa shape index (κ2) is 6.52. The Morgan fingerprint density at radius 1 is 1.31 bits per heavy atom. The first-order valence-electron chi connectivity index (χ1n) is 5.40. The van der Waals surface area contributed by atoms with E-state index < -0.39 is 0 Å². The molecule has 5 nitrogen and oxygen atoms in total. The standard InChI is InChI=1S/C10H18N4OS/c1-5-7(3)16-10-13-8(11-6-2)12-9(14-10)15-4/h7H,5-6H2,1-4H3,(H,11,12,13,14). The Labute approximate surface area is 100 Å². The lowest BCUT2D eigenvalue weighted by molar-refractivity contribution is 0.373. The lowest BCUT2D eigenvalue weighted by Gasteiger charge is -2.09. The Morgan fingerprint density at radius 2 is 2.06 bits per heavy atom. The number of thioether (sulfide) groups is 1. The smallest absolute Gasteiger partial charge is 0.321 e. The van der Waals surface area contributed by atoms with Crippen molar-refractivity contribution in [1.82, 2.24) is 15.0 Å². The molecule has 1 rings (SSSR count). The largest absolute Gasteiger partial charge is 0.467 e. The summed E-state index contributed by atoms with van der Waals surface area (Å²) in [6.45, 7) is 7.06. The van der Waals surface area contributed by atoms with Crippen molar-refractivity contribution in [2.75, 3.05) is 19.0 Å². The summed E-state index contributed by atoms with van der Waals surface area (Å²) in [5.74, 6) is 0.570. The molecule has 1 aromatic heterocycles. The van der Waals surface area contributed by atoms with Gasteiger partial charge in [-0.1, -0.05) is 25.6 Å². The van der Waals surface area contributed by atoms with E-state index in [1.165, 1.54) is 0 Å². The molecule has 1 heterocycles. The van der Waals surface area contributed by atoms with Crippen LogP contribution in [0.1, 0.15) is 27.2 Å². The van der Waals surface area contributed by atoms with Gasteiger partial charge in [0.25, 0.3) is 0 Å². The predicted molar refractivity (Wildman–Crippen MR) is 66.2 cm³/mol. The summed E-state index contributed by atoms with van der Waals surface area (Å²) in [7, 11) is 1.56. The summed E-state index contributed by atoms with van der Waals surface area (Å²) >= 11 is 1.63. The van der Waals surface area contributed by atoms with Gasteiger partial charge in [-0.25, -0.2) is 0 Å². The van der Waals surface area contributed by atoms with Crippen molar-refractivity contribution in [2.24, 2.45) is 0 Å². The van der Waals surface area contributed by atoms with Gasteiger partial charge in [0, 0.05) is 11.8 Å². The van der Waals surface area contributed by atoms with Gasteiger partial charge in [0.05, 0.1) is 7.11 Å². The van der Waals surface area contributed by atoms with Crippen molar-refractivity contribution in [3.05, 3.63) is 0 Å². The molecule has 1 atom stereocenters. The fourth-order valence-corrected chi connectivity index (χ4v) is 1.78. The van der Waals surface area contributed by atoms with E-state index in [-0.39, 0.29) is 0 Å². The van der Waals surface area contributed by atoms with Crippen molar-refractivity contribution in [3.8, 4) is 6.01 Å². The summed E-state index contributed by atoms with van der Waals surface area (Å²) in [4.78, 5) is 12.6. The number of ether oxygens (including phenoxy) is 1. The Hall–Kier alpha value is -1.04. The molecular formula is C10H18N4OS. The molecule has 1 aromatic rings. The van der Waals surface area contributed by atoms with E-state index in [0.29, 0.717) is 22.4 Å². The molecule has 0 aliphatic heterocycles. The zero-order chi connectivity index (χ0) is 12.0. The van der Waals surface area contributed by atoms with Crippen LogP contribution in [0.3, 0.4) is 0 Å². The highest BCUT2D eigenvalue weighted by molar-refractivity contribution is 7.99. The molecule has 0 amide bonds. The Balaban J connectivity index is 2.85. The summed E-state index contributed by atoms with van der Waals surface area (Å²) in [6, 6.07) is 0.358. The highest BCUT2D eigenvalue weighted by atomic mass is 32.2. The molecule has 0 saturated carbocycles. The first kappa shape index (κ1) is 13.0. The number of nitrogens with zero attached hydrogens (tertiary/aromatic N) is 3. The number of nitrogens with one attached hydrogen (secondary N) is 1. The Morgan fingerprint density at radius 3 is 2.62 bits per heavy atom. The van der Waals surface area contributed by atoms with Crippen LogP contribution in [-0.2, 0) is 0 Å². The summed E-state index contributed by atoms with van der Waals surface area (Å²) in [6.07, 6.45) is 1.08. The minimum atomic E-state index is 0.358. The summed E-state index contributed by atoms with van der Waals surface area (Å²) in [5.41, 5.74) is 0. The fourth-order valence-electron chi connectivity index (χ4n) is 0.982. The molecule has 1 N–H and O–H groups in total. The quantitative estimate of drug-likeness (QED) is 0.772. The van der Waals surface area contributed by atoms with Crippen molar-refractivity contribution < 1.29 is 4.74 Å². The highest BCUT2D eigenvalue weighted by Crippen LogP contribution is 2.23. The molecule has 16 heavy (non-hydrogen) atoms. The van der Waals surface area contributed by atoms with E-state index >= 15 is 0 Å². The van der Waals surface area contributed by atoms with Crippen LogP contribution in [0.2, 0.25) is 0 Å². The third-order valence-corrected chi connectivity index (χ3v) is 3.12. The van der Waals surface area contributed by atoms with Crippen LogP contribution in [0.15, 0.2) is 5.16 Å². The molecule has 1 unspecified atom stereocenters. The molecule has 90 valence electrons. The average Bonchev–Trinajstić information content (AvgIpc) is 2.29. The van der Waals surface area contributed by atoms with Gasteiger partial charge in [0.2, 0.25) is 5.95 Å². The lowest BCUT2D eigenvalue weighted by atomic mass is 10.4. The first-order valence-corrected chi connectivity index (χ1v) is 6.28. The summed E-state index contributed by atoms with van der Waals surface area (Å²) in [5, 5.41) is 4.25. The van der Waals surface area contributed by atoms with E-state index in [9.17, 15) is 0 Å². The topological polar surface area (TPSA) is 59.9 Å². The molecule has 6 heteroatoms. The van der Waals surface area contributed by atoms with Gasteiger partial charge in [0.1, 0.15) is 0 Å². The molecule has 0 aliphatic rings. The van der Waals surface area contributed by atoms with Gasteiger partial charge in [-0.2, -0.15) is 15.0 Å². The molecule has 0 bridgehead atoms. The van der Waals surface area contributed by atoms with E-state index in [1.807, 2.05) is 6.92 Å². The van der Waals surface area contributed by atoms with Gasteiger partial charge in [-0.05, 0) is 13.3 Å². The highest BCUT2D eigenvalue weighted by Gasteiger charge is 2.09. The maximum atomic E-state index is 5.04. The van der Waals surface area contributed by atoms with Crippen LogP contribution in [0.25, 0.3) is 0 Å². The minimum Gasteiger partial charge on any atom is -0.467 e. The third kappa shape index (κ3) is 3.84. The number of anilines is 1. The first-order chi connectivity index (χ1) is 7.69. The lowest BCUT2D eigenvalue weighted by Crippen LogP contribution is -2.07. The molecule has 0 fully saturated rings. The number of hydrogen-bond acceptors (Lipinski definition) is 6. The van der Waals surface area contributed by atoms with Crippen LogP contribution in [-0.4, -0.2) is 33.9 Å². The average molecular weight is 242 g/mol. The van der Waals surface area contributed by atoms with Crippen LogP contribution < -0.4 is 10.1 Å². The zero-order valence-corrected chi connectivity index (χ0v) is 11.0. The van der Waals surface area contributed by atoms with Crippen molar-refractivity contribution in [2.45, 2.75) is 37.6 Å². The van der Waals surface area contributed by atoms with Gasteiger partial charge >= 0.3 is 6.01 Å². The van der Waals surface area contributed by atoms with Crippen molar-refractivity contribution in [3.63, 3.8) is 0 Å². The summed E-state index contributed by atoms with van der Waals surface area (Å²) < 4.78 is 5.04. The van der Waals surface area contributed by atoms with Crippen molar-refractivity contribution in [1.29, 1.82) is 0 Å². The minimum absolute atomic E-state index is 0.358. The van der Waals surface area contributed by atoms with Gasteiger partial charge in [0.15, 0.2) is 5.16 Å². The number of aromatic nitrogens is 3. The van der Waals surface area contributed by atoms with Gasteiger partial charge in [-0.15, -0.1) is 0 Å². The van der Waals surface area contributed by atoms with Gasteiger partial charge < -0.3 is 10.1 Å². The van der Waals surface area contributed by atoms with E-state index in [0.717, 1.165) is 13.0 Å². The zero-order valence-electron chi connectivity index (χ0n) is 10.1. The maximum absolute atomic E-state index is 5.04. The second-order valence-corrected chi connectivity index (χ2v) is 4.70. The number of hydrogen-bond donors (Lipinski definition) is 1. The van der Waals surface area contributed by atoms with E-state index in [2.05, 4.69) is 34.1 Å². The fraction of sp³-hybridized carbons (Fsp3) is 0.700. The normalized spacial score (nSPS) is 12.2. The van der Waals surface area contributed by atoms with E-state index in [1.54, 1.807) is 18.9 Å². The predicted octanol–water partition coefficient (Wildman–Crippen LogP) is 2.20. The van der Waals surface area contributed by atoms with Crippen molar-refractivity contribution >= 4 is 17.7 Å². The molecule has 0 saturated heterocycles. The maximum Gasteiger partial charge on any atom is 0.321 e. The Kier molecular flexibility index (Phi) is 5.31. The molecule has 0 aromatic carbocycles. The van der Waals surface area contributed by atoms with Crippen LogP contribution in [0, 0.1) is 0 Å². The van der Waals surface area contributed by atoms with Crippen LogP contribution in [0.4, 0.5) is 5.95 Å². The monoisotopic (exact) mass is 242 g/mol. The second-order valence-electron chi connectivity index (χ2n) is 3.30. The Bertz CT molecular complexity index is 335. The van der Waals surface area contributed by atoms with Crippen LogP contribution >= 0.6 is 11.8 Å². The van der Waals surface area contributed by atoms with Gasteiger partial charge in [-0.3, -0.25) is 0 Å². The molecule has 0 spiro atoms. The molecule has 0 aliphatic carbocycles. The number of rotatable bonds is 6. The molecule has 0 radical (unpaired) electrons. The van der Waals surface area contributed by atoms with Crippen LogP contribution in [0.5, 0.6) is 6.01 Å². The number of methoxy groups -OCH3 is 1.